The van der Waals surface area contributed by atoms with Crippen LogP contribution in [0.3, 0.4) is 0 Å². The minimum atomic E-state index is -0.886. The van der Waals surface area contributed by atoms with Crippen molar-refractivity contribution in [3.8, 4) is 5.88 Å². The number of nitrogens with zero attached hydrogens (tertiary/aromatic N) is 3. The fourth-order valence-electron chi connectivity index (χ4n) is 2.60. The van der Waals surface area contributed by atoms with Gasteiger partial charge in [-0.05, 0) is 34.6 Å². The average molecular weight is 485 g/mol. The summed E-state index contributed by atoms with van der Waals surface area (Å²) in [4.78, 5) is 37.2. The molecule has 33 heavy (non-hydrogen) atoms. The molecule has 1 aliphatic rings. The van der Waals surface area contributed by atoms with Gasteiger partial charge in [0.15, 0.2) is 11.9 Å². The van der Waals surface area contributed by atoms with Crippen molar-refractivity contribution in [3.63, 3.8) is 0 Å². The second kappa shape index (κ2) is 12.6. The molecule has 0 radical (unpaired) electrons. The molecule has 0 spiro atoms. The standard InChI is InChI=1S/C21H32N4O7S/c1-14(26)15(2)31-17(27)6-7-18(28)32-16(12-22-21(3,4)5)13-30-20-19(23-33-24-20)25-8-10-29-11-9-25/h6-7,15-16,22H,8-13H2,1-5H3/b7-6+/t15?,16-/m0/s1. The Hall–Kier alpha value is -2.57. The summed E-state index contributed by atoms with van der Waals surface area (Å²) in [6.45, 7) is 11.7. The molecule has 1 saturated heterocycles. The van der Waals surface area contributed by atoms with Gasteiger partial charge in [0.05, 0.1) is 24.9 Å². The molecule has 1 aliphatic heterocycles. The van der Waals surface area contributed by atoms with Gasteiger partial charge in [-0.15, -0.1) is 4.37 Å². The second-order valence-corrected chi connectivity index (χ2v) is 9.04. The van der Waals surface area contributed by atoms with E-state index in [1.165, 1.54) is 13.8 Å². The first-order valence-corrected chi connectivity index (χ1v) is 11.4. The van der Waals surface area contributed by atoms with Crippen LogP contribution in [-0.4, -0.2) is 83.7 Å². The molecule has 1 aromatic heterocycles. The minimum Gasteiger partial charge on any atom is -0.470 e. The van der Waals surface area contributed by atoms with E-state index in [1.807, 2.05) is 25.7 Å². The lowest BCUT2D eigenvalue weighted by molar-refractivity contribution is -0.149. The number of carbonyl (C=O) groups excluding carboxylic acids is 3. The molecule has 1 unspecified atom stereocenters. The number of nitrogens with one attached hydrogen (secondary N) is 1. The lowest BCUT2D eigenvalue weighted by atomic mass is 10.1. The number of Topliss-reactive ketones (excluding diaryl/α,β-unsaturated/α-hetero) is 1. The molecule has 1 aromatic rings. The van der Waals surface area contributed by atoms with E-state index in [2.05, 4.69) is 14.1 Å². The van der Waals surface area contributed by atoms with E-state index in [0.717, 1.165) is 23.9 Å². The molecule has 184 valence electrons. The summed E-state index contributed by atoms with van der Waals surface area (Å²) in [5.41, 5.74) is -0.214. The van der Waals surface area contributed by atoms with Crippen LogP contribution in [0.4, 0.5) is 5.82 Å². The van der Waals surface area contributed by atoms with Crippen molar-refractivity contribution in [2.75, 3.05) is 44.4 Å². The fourth-order valence-corrected chi connectivity index (χ4v) is 3.12. The van der Waals surface area contributed by atoms with Crippen LogP contribution in [0.25, 0.3) is 0 Å². The lowest BCUT2D eigenvalue weighted by Crippen LogP contribution is -2.44. The van der Waals surface area contributed by atoms with Gasteiger partial charge in [0.1, 0.15) is 12.7 Å². The Bertz CT molecular complexity index is 831. The number of ketones is 1. The summed E-state index contributed by atoms with van der Waals surface area (Å²) in [7, 11) is 0. The topological polar surface area (TPSA) is 129 Å². The molecule has 0 aliphatic carbocycles. The molecule has 12 heteroatoms. The van der Waals surface area contributed by atoms with Gasteiger partial charge in [-0.25, -0.2) is 9.59 Å². The highest BCUT2D eigenvalue weighted by Gasteiger charge is 2.23. The van der Waals surface area contributed by atoms with Crippen LogP contribution in [0.5, 0.6) is 5.88 Å². The summed E-state index contributed by atoms with van der Waals surface area (Å²) in [5, 5.41) is 3.27. The Morgan fingerprint density at radius 2 is 1.79 bits per heavy atom. The summed E-state index contributed by atoms with van der Waals surface area (Å²) < 4.78 is 30.1. The quantitative estimate of drug-likeness (QED) is 0.358. The molecule has 0 saturated carbocycles. The predicted octanol–water partition coefficient (Wildman–Crippen LogP) is 1.13. The number of hydrogen-bond donors (Lipinski definition) is 1. The first-order chi connectivity index (χ1) is 15.5. The molecule has 1 N–H and O–H groups in total. The Morgan fingerprint density at radius 3 is 2.39 bits per heavy atom. The van der Waals surface area contributed by atoms with E-state index in [4.69, 9.17) is 18.9 Å². The van der Waals surface area contributed by atoms with E-state index in [0.29, 0.717) is 44.5 Å². The predicted molar refractivity (Wildman–Crippen MR) is 121 cm³/mol. The number of carbonyl (C=O) groups is 3. The average Bonchev–Trinajstić information content (AvgIpc) is 3.22. The van der Waals surface area contributed by atoms with Crippen molar-refractivity contribution in [1.82, 2.24) is 14.1 Å². The summed E-state index contributed by atoms with van der Waals surface area (Å²) in [6.07, 6.45) is 0.344. The highest BCUT2D eigenvalue weighted by molar-refractivity contribution is 6.99. The normalized spacial score (nSPS) is 16.3. The molecular formula is C21H32N4O7S. The number of anilines is 1. The molecule has 11 nitrogen and oxygen atoms in total. The monoisotopic (exact) mass is 484 g/mol. The van der Waals surface area contributed by atoms with Gasteiger partial charge in [0, 0.05) is 37.3 Å². The zero-order chi connectivity index (χ0) is 24.4. The molecule has 0 bridgehead atoms. The SMILES string of the molecule is CC(=O)C(C)OC(=O)/C=C/C(=O)O[C@@H](CNC(C)(C)C)COc1nsnc1N1CCOCC1. The molecule has 2 atom stereocenters. The number of morpholine rings is 1. The van der Waals surface area contributed by atoms with Gasteiger partial charge in [0.2, 0.25) is 5.82 Å². The van der Waals surface area contributed by atoms with Crippen LogP contribution >= 0.6 is 11.7 Å². The van der Waals surface area contributed by atoms with Gasteiger partial charge in [-0.1, -0.05) is 0 Å². The molecule has 2 heterocycles. The lowest BCUT2D eigenvalue weighted by Gasteiger charge is -2.27. The third-order valence-corrected chi connectivity index (χ3v) is 5.02. The third kappa shape index (κ3) is 9.84. The maximum atomic E-state index is 12.3. The number of hydrogen-bond acceptors (Lipinski definition) is 12. The molecule has 0 aromatic carbocycles. The van der Waals surface area contributed by atoms with Crippen molar-refractivity contribution in [2.24, 2.45) is 0 Å². The van der Waals surface area contributed by atoms with Gasteiger partial charge < -0.3 is 29.2 Å². The highest BCUT2D eigenvalue weighted by atomic mass is 32.1. The number of rotatable bonds is 11. The molecular weight excluding hydrogens is 452 g/mol. The van der Waals surface area contributed by atoms with Crippen LogP contribution in [0.15, 0.2) is 12.2 Å². The number of ether oxygens (including phenoxy) is 4. The maximum Gasteiger partial charge on any atom is 0.331 e. The van der Waals surface area contributed by atoms with Crippen LogP contribution in [0.1, 0.15) is 34.6 Å². The zero-order valence-electron chi connectivity index (χ0n) is 19.7. The Morgan fingerprint density at radius 1 is 1.15 bits per heavy atom. The van der Waals surface area contributed by atoms with Crippen molar-refractivity contribution in [2.45, 2.75) is 52.4 Å². The maximum absolute atomic E-state index is 12.3. The summed E-state index contributed by atoms with van der Waals surface area (Å²) >= 11 is 1.04. The van der Waals surface area contributed by atoms with Gasteiger partial charge in [-0.2, -0.15) is 4.37 Å². The smallest absolute Gasteiger partial charge is 0.331 e. The van der Waals surface area contributed by atoms with Crippen LogP contribution in [-0.2, 0) is 28.6 Å². The Labute approximate surface area is 197 Å². The highest BCUT2D eigenvalue weighted by Crippen LogP contribution is 2.26. The minimum absolute atomic E-state index is 0.0389. The first-order valence-electron chi connectivity index (χ1n) is 10.7. The van der Waals surface area contributed by atoms with Gasteiger partial charge >= 0.3 is 11.9 Å². The van der Waals surface area contributed by atoms with Gasteiger partial charge in [0.25, 0.3) is 5.88 Å². The van der Waals surface area contributed by atoms with Crippen molar-refractivity contribution < 1.29 is 33.3 Å². The van der Waals surface area contributed by atoms with Gasteiger partial charge in [-0.3, -0.25) is 4.79 Å². The van der Waals surface area contributed by atoms with E-state index in [1.54, 1.807) is 0 Å². The number of esters is 2. The van der Waals surface area contributed by atoms with E-state index in [-0.39, 0.29) is 17.9 Å². The zero-order valence-corrected chi connectivity index (χ0v) is 20.5. The largest absolute Gasteiger partial charge is 0.470 e. The van der Waals surface area contributed by atoms with Crippen LogP contribution < -0.4 is 15.0 Å². The van der Waals surface area contributed by atoms with E-state index >= 15 is 0 Å². The fraction of sp³-hybridized carbons (Fsp3) is 0.667. The number of aromatic nitrogens is 2. The van der Waals surface area contributed by atoms with Crippen molar-refractivity contribution in [1.29, 1.82) is 0 Å². The molecule has 2 rings (SSSR count). The van der Waals surface area contributed by atoms with E-state index < -0.39 is 24.1 Å². The van der Waals surface area contributed by atoms with E-state index in [9.17, 15) is 14.4 Å². The van der Waals surface area contributed by atoms with Crippen LogP contribution in [0, 0.1) is 0 Å². The molecule has 0 amide bonds. The second-order valence-electron chi connectivity index (χ2n) is 8.52. The first kappa shape index (κ1) is 26.7. The molecule has 1 fully saturated rings. The van der Waals surface area contributed by atoms with Crippen molar-refractivity contribution in [3.05, 3.63) is 12.2 Å². The Balaban J connectivity index is 1.96. The Kier molecular flexibility index (Phi) is 10.2. The summed E-state index contributed by atoms with van der Waals surface area (Å²) in [6, 6.07) is 0. The summed E-state index contributed by atoms with van der Waals surface area (Å²) in [5.74, 6) is -0.830. The third-order valence-electron chi connectivity index (χ3n) is 4.52. The van der Waals surface area contributed by atoms with Crippen molar-refractivity contribution >= 4 is 35.3 Å². The van der Waals surface area contributed by atoms with Crippen LogP contribution in [0.2, 0.25) is 0 Å².